The topological polar surface area (TPSA) is 93.4 Å². The Labute approximate surface area is 131 Å². The van der Waals surface area contributed by atoms with Crippen molar-refractivity contribution in [1.82, 2.24) is 9.78 Å². The number of fused-ring (bicyclic) bond motifs is 1. The molecule has 1 atom stereocenters. The Morgan fingerprint density at radius 3 is 3.00 bits per heavy atom. The van der Waals surface area contributed by atoms with E-state index in [1.807, 2.05) is 12.1 Å². The van der Waals surface area contributed by atoms with Gasteiger partial charge in [0.1, 0.15) is 36.3 Å². The fraction of sp³-hybridized carbons (Fsp3) is 0.250. The SMILES string of the molecule is O=C1C[C@@H](c2ccc(CO)o2)c2cnn(Cc3ccco3)c2N1. The minimum Gasteiger partial charge on any atom is -0.467 e. The summed E-state index contributed by atoms with van der Waals surface area (Å²) in [5, 5.41) is 16.4. The van der Waals surface area contributed by atoms with Crippen LogP contribution in [0, 0.1) is 0 Å². The summed E-state index contributed by atoms with van der Waals surface area (Å²) >= 11 is 0. The third kappa shape index (κ3) is 2.44. The second-order valence-corrected chi connectivity index (χ2v) is 5.45. The van der Waals surface area contributed by atoms with Gasteiger partial charge in [0.05, 0.1) is 18.4 Å². The number of rotatable bonds is 4. The number of hydrogen-bond donors (Lipinski definition) is 2. The van der Waals surface area contributed by atoms with Crippen LogP contribution in [0.4, 0.5) is 5.82 Å². The zero-order valence-electron chi connectivity index (χ0n) is 12.2. The minimum atomic E-state index is -0.204. The molecular weight excluding hydrogens is 298 g/mol. The number of nitrogens with one attached hydrogen (secondary N) is 1. The maximum absolute atomic E-state index is 12.1. The number of carbonyl (C=O) groups is 1. The fourth-order valence-corrected chi connectivity index (χ4v) is 2.86. The van der Waals surface area contributed by atoms with Crippen molar-refractivity contribution >= 4 is 11.7 Å². The van der Waals surface area contributed by atoms with Crippen molar-refractivity contribution in [3.8, 4) is 0 Å². The first kappa shape index (κ1) is 13.8. The summed E-state index contributed by atoms with van der Waals surface area (Å²) in [4.78, 5) is 12.1. The van der Waals surface area contributed by atoms with Gasteiger partial charge >= 0.3 is 0 Å². The van der Waals surface area contributed by atoms with Gasteiger partial charge in [-0.15, -0.1) is 0 Å². The van der Waals surface area contributed by atoms with E-state index in [0.29, 0.717) is 23.9 Å². The molecule has 2 N–H and O–H groups in total. The van der Waals surface area contributed by atoms with Crippen LogP contribution in [0.2, 0.25) is 0 Å². The van der Waals surface area contributed by atoms with E-state index in [0.717, 1.165) is 11.3 Å². The molecule has 1 aliphatic rings. The van der Waals surface area contributed by atoms with Crippen molar-refractivity contribution in [2.75, 3.05) is 5.32 Å². The summed E-state index contributed by atoms with van der Waals surface area (Å²) < 4.78 is 12.6. The molecule has 0 aliphatic carbocycles. The van der Waals surface area contributed by atoms with Crippen molar-refractivity contribution in [2.24, 2.45) is 0 Å². The molecule has 1 amide bonds. The van der Waals surface area contributed by atoms with Gasteiger partial charge in [0, 0.05) is 12.0 Å². The first-order chi connectivity index (χ1) is 11.2. The largest absolute Gasteiger partial charge is 0.467 e. The van der Waals surface area contributed by atoms with Crippen LogP contribution in [-0.4, -0.2) is 20.8 Å². The number of carbonyl (C=O) groups excluding carboxylic acids is 1. The van der Waals surface area contributed by atoms with Gasteiger partial charge in [-0.25, -0.2) is 4.68 Å². The van der Waals surface area contributed by atoms with Crippen LogP contribution < -0.4 is 5.32 Å². The maximum Gasteiger partial charge on any atom is 0.226 e. The maximum atomic E-state index is 12.1. The molecule has 3 aromatic rings. The molecule has 7 nitrogen and oxygen atoms in total. The highest BCUT2D eigenvalue weighted by Crippen LogP contribution is 2.37. The third-order valence-corrected chi connectivity index (χ3v) is 3.96. The summed E-state index contributed by atoms with van der Waals surface area (Å²) in [5.41, 5.74) is 0.898. The molecule has 4 heterocycles. The minimum absolute atomic E-state index is 0.0920. The van der Waals surface area contributed by atoms with Crippen molar-refractivity contribution in [2.45, 2.75) is 25.5 Å². The predicted octanol–water partition coefficient (Wildman–Crippen LogP) is 2.08. The Kier molecular flexibility index (Phi) is 3.27. The number of aromatic nitrogens is 2. The number of hydrogen-bond acceptors (Lipinski definition) is 5. The number of aliphatic hydroxyl groups excluding tert-OH is 1. The van der Waals surface area contributed by atoms with E-state index in [1.54, 1.807) is 29.3 Å². The van der Waals surface area contributed by atoms with E-state index >= 15 is 0 Å². The summed E-state index contributed by atoms with van der Waals surface area (Å²) in [6, 6.07) is 7.18. The van der Waals surface area contributed by atoms with Gasteiger partial charge in [-0.1, -0.05) is 0 Å². The van der Waals surface area contributed by atoms with Crippen molar-refractivity contribution in [3.63, 3.8) is 0 Å². The summed E-state index contributed by atoms with van der Waals surface area (Å²) in [5.74, 6) is 2.26. The number of amides is 1. The molecule has 0 fully saturated rings. The Bertz CT molecular complexity index is 832. The van der Waals surface area contributed by atoms with E-state index in [4.69, 9.17) is 13.9 Å². The predicted molar refractivity (Wildman–Crippen MR) is 79.8 cm³/mol. The number of furan rings is 2. The number of anilines is 1. The molecular formula is C16H15N3O4. The average molecular weight is 313 g/mol. The summed E-state index contributed by atoms with van der Waals surface area (Å²) in [6.45, 7) is 0.277. The van der Waals surface area contributed by atoms with Gasteiger partial charge in [0.2, 0.25) is 5.91 Å². The van der Waals surface area contributed by atoms with E-state index in [-0.39, 0.29) is 24.9 Å². The first-order valence-electron chi connectivity index (χ1n) is 7.32. The van der Waals surface area contributed by atoms with Crippen molar-refractivity contribution < 1.29 is 18.7 Å². The lowest BCUT2D eigenvalue weighted by Gasteiger charge is -2.21. The molecule has 4 rings (SSSR count). The molecule has 118 valence electrons. The quantitative estimate of drug-likeness (QED) is 0.769. The van der Waals surface area contributed by atoms with E-state index in [2.05, 4.69) is 10.4 Å². The van der Waals surface area contributed by atoms with Crippen LogP contribution in [-0.2, 0) is 17.9 Å². The summed E-state index contributed by atoms with van der Waals surface area (Å²) in [6.07, 6.45) is 3.63. The van der Waals surface area contributed by atoms with Crippen LogP contribution in [0.1, 0.15) is 35.2 Å². The Balaban J connectivity index is 1.70. The van der Waals surface area contributed by atoms with Crippen LogP contribution >= 0.6 is 0 Å². The van der Waals surface area contributed by atoms with Crippen molar-refractivity contribution in [3.05, 3.63) is 59.6 Å². The molecule has 0 radical (unpaired) electrons. The Hall–Kier alpha value is -2.80. The molecule has 7 heteroatoms. The summed E-state index contributed by atoms with van der Waals surface area (Å²) in [7, 11) is 0. The second-order valence-electron chi connectivity index (χ2n) is 5.45. The molecule has 0 saturated carbocycles. The van der Waals surface area contributed by atoms with Gasteiger partial charge in [0.25, 0.3) is 0 Å². The lowest BCUT2D eigenvalue weighted by Crippen LogP contribution is -2.24. The van der Waals surface area contributed by atoms with Gasteiger partial charge in [-0.05, 0) is 24.3 Å². The second kappa shape index (κ2) is 5.44. The zero-order valence-corrected chi connectivity index (χ0v) is 12.2. The van der Waals surface area contributed by atoms with Crippen LogP contribution in [0.5, 0.6) is 0 Å². The standard InChI is InChI=1S/C16H15N3O4/c20-9-11-3-4-14(23-11)12-6-15(21)18-16-13(12)7-17-19(16)8-10-2-1-5-22-10/h1-5,7,12,20H,6,8-9H2,(H,18,21)/t12-/m1/s1. The Morgan fingerprint density at radius 1 is 1.35 bits per heavy atom. The molecule has 0 aromatic carbocycles. The van der Waals surface area contributed by atoms with E-state index < -0.39 is 0 Å². The molecule has 1 aliphatic heterocycles. The van der Waals surface area contributed by atoms with E-state index in [9.17, 15) is 4.79 Å². The smallest absolute Gasteiger partial charge is 0.226 e. The van der Waals surface area contributed by atoms with Gasteiger partial charge in [-0.3, -0.25) is 4.79 Å². The number of nitrogens with zero attached hydrogens (tertiary/aromatic N) is 2. The molecule has 0 unspecified atom stereocenters. The fourth-order valence-electron chi connectivity index (χ4n) is 2.86. The van der Waals surface area contributed by atoms with Crippen LogP contribution in [0.3, 0.4) is 0 Å². The molecule has 0 bridgehead atoms. The van der Waals surface area contributed by atoms with Gasteiger partial charge in [-0.2, -0.15) is 5.10 Å². The van der Waals surface area contributed by atoms with Crippen LogP contribution in [0.25, 0.3) is 0 Å². The first-order valence-corrected chi connectivity index (χ1v) is 7.32. The van der Waals surface area contributed by atoms with E-state index in [1.165, 1.54) is 0 Å². The molecule has 0 spiro atoms. The monoisotopic (exact) mass is 313 g/mol. The van der Waals surface area contributed by atoms with Crippen LogP contribution in [0.15, 0.2) is 45.6 Å². The average Bonchev–Trinajstić information content (AvgIpc) is 3.28. The lowest BCUT2D eigenvalue weighted by atomic mass is 9.92. The van der Waals surface area contributed by atoms with Crippen molar-refractivity contribution in [1.29, 1.82) is 0 Å². The van der Waals surface area contributed by atoms with Gasteiger partial charge in [0.15, 0.2) is 0 Å². The zero-order chi connectivity index (χ0) is 15.8. The normalized spacial score (nSPS) is 17.1. The third-order valence-electron chi connectivity index (χ3n) is 3.96. The highest BCUT2D eigenvalue weighted by molar-refractivity contribution is 5.94. The highest BCUT2D eigenvalue weighted by atomic mass is 16.4. The molecule has 0 saturated heterocycles. The lowest BCUT2D eigenvalue weighted by molar-refractivity contribution is -0.116. The highest BCUT2D eigenvalue weighted by Gasteiger charge is 2.32. The van der Waals surface area contributed by atoms with Gasteiger partial charge < -0.3 is 19.3 Å². The molecule has 23 heavy (non-hydrogen) atoms. The Morgan fingerprint density at radius 2 is 2.26 bits per heavy atom. The molecule has 3 aromatic heterocycles. The number of aliphatic hydroxyl groups is 1.